The molecule has 98 valence electrons. The SMILES string of the molecule is CC(=NO)c1ccc(OCc2ccc(F)cc2)cc1. The highest BCUT2D eigenvalue weighted by molar-refractivity contribution is 5.98. The lowest BCUT2D eigenvalue weighted by molar-refractivity contribution is 0.306. The van der Waals surface area contributed by atoms with Gasteiger partial charge < -0.3 is 9.94 Å². The minimum absolute atomic E-state index is 0.258. The van der Waals surface area contributed by atoms with Gasteiger partial charge in [-0.1, -0.05) is 17.3 Å². The maximum Gasteiger partial charge on any atom is 0.123 e. The van der Waals surface area contributed by atoms with Crippen LogP contribution in [0.4, 0.5) is 4.39 Å². The second kappa shape index (κ2) is 6.00. The first-order chi connectivity index (χ1) is 9.19. The van der Waals surface area contributed by atoms with E-state index in [1.165, 1.54) is 12.1 Å². The highest BCUT2D eigenvalue weighted by Crippen LogP contribution is 2.15. The summed E-state index contributed by atoms with van der Waals surface area (Å²) >= 11 is 0. The normalized spacial score (nSPS) is 11.4. The predicted molar refractivity (Wildman–Crippen MR) is 71.2 cm³/mol. The molecule has 0 aliphatic carbocycles. The second-order valence-electron chi connectivity index (χ2n) is 4.12. The van der Waals surface area contributed by atoms with Gasteiger partial charge in [-0.05, 0) is 54.4 Å². The van der Waals surface area contributed by atoms with Crippen LogP contribution in [0.5, 0.6) is 5.75 Å². The number of hydrogen-bond acceptors (Lipinski definition) is 3. The minimum Gasteiger partial charge on any atom is -0.489 e. The molecule has 0 aliphatic rings. The zero-order valence-corrected chi connectivity index (χ0v) is 10.5. The first-order valence-electron chi connectivity index (χ1n) is 5.85. The van der Waals surface area contributed by atoms with Crippen LogP contribution in [0.1, 0.15) is 18.1 Å². The quantitative estimate of drug-likeness (QED) is 0.518. The topological polar surface area (TPSA) is 41.8 Å². The molecule has 0 fully saturated rings. The van der Waals surface area contributed by atoms with E-state index >= 15 is 0 Å². The summed E-state index contributed by atoms with van der Waals surface area (Å²) in [5.41, 5.74) is 2.28. The first kappa shape index (κ1) is 13.1. The summed E-state index contributed by atoms with van der Waals surface area (Å²) in [6.45, 7) is 2.10. The molecule has 0 amide bonds. The average molecular weight is 259 g/mol. The van der Waals surface area contributed by atoms with Crippen molar-refractivity contribution in [3.8, 4) is 5.75 Å². The third kappa shape index (κ3) is 3.55. The highest BCUT2D eigenvalue weighted by Gasteiger charge is 2.00. The molecule has 1 N–H and O–H groups in total. The van der Waals surface area contributed by atoms with Gasteiger partial charge in [0, 0.05) is 0 Å². The number of halogens is 1. The van der Waals surface area contributed by atoms with Crippen molar-refractivity contribution in [1.82, 2.24) is 0 Å². The van der Waals surface area contributed by atoms with E-state index < -0.39 is 0 Å². The Morgan fingerprint density at radius 1 is 1.11 bits per heavy atom. The minimum atomic E-state index is -0.258. The van der Waals surface area contributed by atoms with Gasteiger partial charge in [0.15, 0.2) is 0 Å². The monoisotopic (exact) mass is 259 g/mol. The summed E-state index contributed by atoms with van der Waals surface area (Å²) in [5.74, 6) is 0.450. The Bertz CT molecular complexity index is 562. The van der Waals surface area contributed by atoms with E-state index in [9.17, 15) is 4.39 Å². The van der Waals surface area contributed by atoms with Crippen molar-refractivity contribution < 1.29 is 14.3 Å². The molecule has 2 aromatic carbocycles. The van der Waals surface area contributed by atoms with Crippen LogP contribution in [0, 0.1) is 5.82 Å². The predicted octanol–water partition coefficient (Wildman–Crippen LogP) is 3.60. The van der Waals surface area contributed by atoms with E-state index in [0.717, 1.165) is 11.1 Å². The van der Waals surface area contributed by atoms with E-state index in [1.807, 2.05) is 12.1 Å². The fourth-order valence-electron chi connectivity index (χ4n) is 1.60. The number of rotatable bonds is 4. The number of hydrogen-bond donors (Lipinski definition) is 1. The van der Waals surface area contributed by atoms with Crippen molar-refractivity contribution in [2.45, 2.75) is 13.5 Å². The van der Waals surface area contributed by atoms with E-state index in [1.54, 1.807) is 31.2 Å². The molecule has 0 saturated heterocycles. The third-order valence-corrected chi connectivity index (χ3v) is 2.74. The lowest BCUT2D eigenvalue weighted by atomic mass is 10.1. The lowest BCUT2D eigenvalue weighted by Gasteiger charge is -2.07. The maximum absolute atomic E-state index is 12.7. The maximum atomic E-state index is 12.7. The average Bonchev–Trinajstić information content (AvgIpc) is 2.46. The van der Waals surface area contributed by atoms with Gasteiger partial charge in [0.1, 0.15) is 18.2 Å². The van der Waals surface area contributed by atoms with Gasteiger partial charge in [-0.3, -0.25) is 0 Å². The number of ether oxygens (including phenoxy) is 1. The molecule has 0 atom stereocenters. The number of oxime groups is 1. The van der Waals surface area contributed by atoms with Crippen molar-refractivity contribution in [3.63, 3.8) is 0 Å². The fraction of sp³-hybridized carbons (Fsp3) is 0.133. The lowest BCUT2D eigenvalue weighted by Crippen LogP contribution is -1.97. The van der Waals surface area contributed by atoms with E-state index in [-0.39, 0.29) is 5.82 Å². The Balaban J connectivity index is 1.98. The van der Waals surface area contributed by atoms with Crippen LogP contribution in [0.3, 0.4) is 0 Å². The Morgan fingerprint density at radius 3 is 2.32 bits per heavy atom. The standard InChI is InChI=1S/C15H14FNO2/c1-11(17-18)13-4-8-15(9-5-13)19-10-12-2-6-14(16)7-3-12/h2-9,18H,10H2,1H3. The Kier molecular flexibility index (Phi) is 4.13. The summed E-state index contributed by atoms with van der Waals surface area (Å²) in [7, 11) is 0. The van der Waals surface area contributed by atoms with Crippen LogP contribution < -0.4 is 4.74 Å². The van der Waals surface area contributed by atoms with E-state index in [4.69, 9.17) is 9.94 Å². The van der Waals surface area contributed by atoms with Crippen LogP contribution in [0.25, 0.3) is 0 Å². The molecule has 2 aromatic rings. The molecule has 0 heterocycles. The van der Waals surface area contributed by atoms with Crippen LogP contribution in [-0.4, -0.2) is 10.9 Å². The highest BCUT2D eigenvalue weighted by atomic mass is 19.1. The van der Waals surface area contributed by atoms with Gasteiger partial charge in [-0.15, -0.1) is 0 Å². The van der Waals surface area contributed by atoms with Crippen molar-refractivity contribution >= 4 is 5.71 Å². The van der Waals surface area contributed by atoms with Crippen LogP contribution in [0.2, 0.25) is 0 Å². The van der Waals surface area contributed by atoms with E-state index in [0.29, 0.717) is 18.1 Å². The Hall–Kier alpha value is -2.36. The summed E-state index contributed by atoms with van der Waals surface area (Å²) < 4.78 is 18.3. The molecule has 0 spiro atoms. The molecule has 0 unspecified atom stereocenters. The molecule has 0 aliphatic heterocycles. The van der Waals surface area contributed by atoms with Crippen molar-refractivity contribution in [2.75, 3.05) is 0 Å². The van der Waals surface area contributed by atoms with Gasteiger partial charge in [-0.25, -0.2) is 4.39 Å². The first-order valence-corrected chi connectivity index (χ1v) is 5.85. The van der Waals surface area contributed by atoms with Gasteiger partial charge in [-0.2, -0.15) is 0 Å². The number of nitrogens with zero attached hydrogens (tertiary/aromatic N) is 1. The summed E-state index contributed by atoms with van der Waals surface area (Å²) in [5, 5.41) is 11.8. The van der Waals surface area contributed by atoms with Gasteiger partial charge >= 0.3 is 0 Å². The molecule has 0 saturated carbocycles. The largest absolute Gasteiger partial charge is 0.489 e. The van der Waals surface area contributed by atoms with Crippen molar-refractivity contribution in [3.05, 3.63) is 65.5 Å². The second-order valence-corrected chi connectivity index (χ2v) is 4.12. The van der Waals surface area contributed by atoms with Crippen LogP contribution in [-0.2, 0) is 6.61 Å². The zero-order valence-electron chi connectivity index (χ0n) is 10.5. The molecule has 19 heavy (non-hydrogen) atoms. The zero-order chi connectivity index (χ0) is 13.7. The molecule has 2 rings (SSSR count). The molecular formula is C15H14FNO2. The molecule has 3 nitrogen and oxygen atoms in total. The van der Waals surface area contributed by atoms with Crippen molar-refractivity contribution in [2.24, 2.45) is 5.16 Å². The van der Waals surface area contributed by atoms with E-state index in [2.05, 4.69) is 5.16 Å². The molecule has 0 radical (unpaired) electrons. The smallest absolute Gasteiger partial charge is 0.123 e. The van der Waals surface area contributed by atoms with Crippen molar-refractivity contribution in [1.29, 1.82) is 0 Å². The Labute approximate surface area is 111 Å². The Morgan fingerprint density at radius 2 is 1.74 bits per heavy atom. The molecular weight excluding hydrogens is 245 g/mol. The summed E-state index contributed by atoms with van der Waals surface area (Å²) in [6, 6.07) is 13.4. The number of benzene rings is 2. The van der Waals surface area contributed by atoms with Gasteiger partial charge in [0.05, 0.1) is 5.71 Å². The summed E-state index contributed by atoms with van der Waals surface area (Å²) in [6.07, 6.45) is 0. The fourth-order valence-corrected chi connectivity index (χ4v) is 1.60. The van der Waals surface area contributed by atoms with Gasteiger partial charge in [0.25, 0.3) is 0 Å². The van der Waals surface area contributed by atoms with Crippen LogP contribution in [0.15, 0.2) is 53.7 Å². The molecule has 0 bridgehead atoms. The summed E-state index contributed by atoms with van der Waals surface area (Å²) in [4.78, 5) is 0. The van der Waals surface area contributed by atoms with Gasteiger partial charge in [0.2, 0.25) is 0 Å². The molecule has 4 heteroatoms. The van der Waals surface area contributed by atoms with Crippen LogP contribution >= 0.6 is 0 Å². The third-order valence-electron chi connectivity index (χ3n) is 2.74. The molecule has 0 aromatic heterocycles.